The number of hydrogen-bond acceptors (Lipinski definition) is 4. The maximum Gasteiger partial charge on any atom is 0.137 e. The van der Waals surface area contributed by atoms with Crippen LogP contribution in [0, 0.1) is 0 Å². The van der Waals surface area contributed by atoms with Crippen molar-refractivity contribution in [2.24, 2.45) is 5.73 Å². The Labute approximate surface area is 122 Å². The zero-order valence-electron chi connectivity index (χ0n) is 10.5. The van der Waals surface area contributed by atoms with E-state index in [1.54, 1.807) is 31.3 Å². The minimum atomic E-state index is -0.108. The van der Waals surface area contributed by atoms with Gasteiger partial charge in [-0.25, -0.2) is 0 Å². The van der Waals surface area contributed by atoms with Crippen molar-refractivity contribution < 1.29 is 4.74 Å². The van der Waals surface area contributed by atoms with Crippen LogP contribution in [0.3, 0.4) is 0 Å². The molecule has 3 nitrogen and oxygen atoms in total. The summed E-state index contributed by atoms with van der Waals surface area (Å²) in [6.45, 7) is 0. The minimum absolute atomic E-state index is 0.108. The predicted molar refractivity (Wildman–Crippen MR) is 79.9 cm³/mol. The number of pyridine rings is 1. The lowest BCUT2D eigenvalue weighted by Crippen LogP contribution is -2.13. The van der Waals surface area contributed by atoms with E-state index < -0.39 is 0 Å². The molecule has 0 radical (unpaired) electrons. The first kappa shape index (κ1) is 14.2. The first-order valence-corrected chi connectivity index (χ1v) is 7.19. The molecule has 2 rings (SSSR count). The molecular weight excluding hydrogens is 280 g/mol. The van der Waals surface area contributed by atoms with E-state index in [1.807, 2.05) is 30.3 Å². The van der Waals surface area contributed by atoms with E-state index in [0.717, 1.165) is 27.0 Å². The number of methoxy groups -OCH3 is 1. The fourth-order valence-corrected chi connectivity index (χ4v) is 2.82. The van der Waals surface area contributed by atoms with Crippen molar-refractivity contribution in [1.82, 2.24) is 4.98 Å². The second-order valence-corrected chi connectivity index (χ2v) is 5.48. The molecule has 19 heavy (non-hydrogen) atoms. The zero-order valence-corrected chi connectivity index (χ0v) is 12.1. The average Bonchev–Trinajstić information content (AvgIpc) is 2.46. The lowest BCUT2D eigenvalue weighted by Gasteiger charge is -2.12. The van der Waals surface area contributed by atoms with Gasteiger partial charge < -0.3 is 10.5 Å². The number of benzene rings is 1. The highest BCUT2D eigenvalue weighted by molar-refractivity contribution is 7.99. The smallest absolute Gasteiger partial charge is 0.137 e. The highest BCUT2D eigenvalue weighted by atomic mass is 35.5. The van der Waals surface area contributed by atoms with Gasteiger partial charge in [-0.1, -0.05) is 23.7 Å². The van der Waals surface area contributed by atoms with E-state index in [9.17, 15) is 0 Å². The van der Waals surface area contributed by atoms with E-state index in [1.165, 1.54) is 0 Å². The van der Waals surface area contributed by atoms with Crippen molar-refractivity contribution in [3.05, 3.63) is 53.3 Å². The molecule has 0 aliphatic rings. The maximum atomic E-state index is 6.16. The zero-order chi connectivity index (χ0) is 13.7. The van der Waals surface area contributed by atoms with Crippen molar-refractivity contribution in [3.8, 4) is 5.75 Å². The predicted octanol–water partition coefficient (Wildman–Crippen LogP) is 3.54. The number of thioether (sulfide) groups is 1. The van der Waals surface area contributed by atoms with Crippen molar-refractivity contribution in [1.29, 1.82) is 0 Å². The molecule has 5 heteroatoms. The molecule has 0 amide bonds. The summed E-state index contributed by atoms with van der Waals surface area (Å²) >= 11 is 7.75. The molecule has 0 fully saturated rings. The topological polar surface area (TPSA) is 48.1 Å². The van der Waals surface area contributed by atoms with E-state index in [0.29, 0.717) is 0 Å². The van der Waals surface area contributed by atoms with Crippen molar-refractivity contribution in [2.75, 3.05) is 12.9 Å². The van der Waals surface area contributed by atoms with E-state index >= 15 is 0 Å². The molecule has 1 aromatic carbocycles. The highest BCUT2D eigenvalue weighted by Crippen LogP contribution is 2.29. The molecular formula is C14H15ClN2OS. The van der Waals surface area contributed by atoms with Gasteiger partial charge in [0.1, 0.15) is 5.75 Å². The fourth-order valence-electron chi connectivity index (χ4n) is 1.59. The van der Waals surface area contributed by atoms with Crippen LogP contribution in [0.15, 0.2) is 47.6 Å². The Hall–Kier alpha value is -1.23. The van der Waals surface area contributed by atoms with Crippen LogP contribution in [-0.2, 0) is 0 Å². The van der Waals surface area contributed by atoms with Crippen LogP contribution in [0.2, 0.25) is 5.02 Å². The minimum Gasteiger partial charge on any atom is -0.495 e. The highest BCUT2D eigenvalue weighted by Gasteiger charge is 2.09. The van der Waals surface area contributed by atoms with Crippen LogP contribution in [0.25, 0.3) is 0 Å². The lowest BCUT2D eigenvalue weighted by atomic mass is 10.1. The molecule has 1 unspecified atom stereocenters. The van der Waals surface area contributed by atoms with Gasteiger partial charge in [-0.15, -0.1) is 11.8 Å². The summed E-state index contributed by atoms with van der Waals surface area (Å²) in [5.74, 6) is 1.45. The summed E-state index contributed by atoms with van der Waals surface area (Å²) < 4.78 is 5.14. The second-order valence-electron chi connectivity index (χ2n) is 4.01. The average molecular weight is 295 g/mol. The fraction of sp³-hybridized carbons (Fsp3) is 0.214. The number of halogens is 1. The molecule has 0 bridgehead atoms. The largest absolute Gasteiger partial charge is 0.495 e. The number of ether oxygens (including phenoxy) is 1. The van der Waals surface area contributed by atoms with Gasteiger partial charge >= 0.3 is 0 Å². The summed E-state index contributed by atoms with van der Waals surface area (Å²) in [6, 6.07) is 9.55. The molecule has 100 valence electrons. The number of aromatic nitrogens is 1. The Balaban J connectivity index is 2.01. The van der Waals surface area contributed by atoms with E-state index in [2.05, 4.69) is 4.98 Å². The van der Waals surface area contributed by atoms with E-state index in [-0.39, 0.29) is 6.04 Å². The molecule has 0 spiro atoms. The quantitative estimate of drug-likeness (QED) is 0.857. The van der Waals surface area contributed by atoms with Crippen LogP contribution in [0.1, 0.15) is 11.6 Å². The molecule has 0 saturated carbocycles. The van der Waals surface area contributed by atoms with Crippen LogP contribution < -0.4 is 10.5 Å². The van der Waals surface area contributed by atoms with Crippen LogP contribution >= 0.6 is 23.4 Å². The normalized spacial score (nSPS) is 12.2. The Morgan fingerprint density at radius 2 is 2.16 bits per heavy atom. The molecule has 0 aliphatic carbocycles. The summed E-state index contributed by atoms with van der Waals surface area (Å²) in [5.41, 5.74) is 7.11. The van der Waals surface area contributed by atoms with Crippen molar-refractivity contribution in [2.45, 2.75) is 10.9 Å². The molecule has 1 atom stereocenters. The first-order valence-electron chi connectivity index (χ1n) is 5.82. The van der Waals surface area contributed by atoms with Gasteiger partial charge in [0.05, 0.1) is 18.3 Å². The van der Waals surface area contributed by atoms with Gasteiger partial charge in [0.2, 0.25) is 0 Å². The summed E-state index contributed by atoms with van der Waals surface area (Å²) in [6.07, 6.45) is 3.43. The van der Waals surface area contributed by atoms with Gasteiger partial charge in [0, 0.05) is 22.9 Å². The van der Waals surface area contributed by atoms with E-state index in [4.69, 9.17) is 22.1 Å². The van der Waals surface area contributed by atoms with Gasteiger partial charge in [-0.2, -0.15) is 0 Å². The standard InChI is InChI=1S/C14H15ClN2OS/c1-18-11-6-10(7-17-8-11)13(16)9-19-14-5-3-2-4-12(14)15/h2-8,13H,9,16H2,1H3. The van der Waals surface area contributed by atoms with Crippen molar-refractivity contribution >= 4 is 23.4 Å². The van der Waals surface area contributed by atoms with Crippen LogP contribution in [0.4, 0.5) is 0 Å². The van der Waals surface area contributed by atoms with Crippen molar-refractivity contribution in [3.63, 3.8) is 0 Å². The van der Waals surface area contributed by atoms with Crippen LogP contribution in [0.5, 0.6) is 5.75 Å². The molecule has 1 heterocycles. The van der Waals surface area contributed by atoms with Crippen LogP contribution in [-0.4, -0.2) is 17.8 Å². The Morgan fingerprint density at radius 3 is 2.89 bits per heavy atom. The third-order valence-electron chi connectivity index (χ3n) is 2.65. The molecule has 2 N–H and O–H groups in total. The summed E-state index contributed by atoms with van der Waals surface area (Å²) in [7, 11) is 1.62. The summed E-state index contributed by atoms with van der Waals surface area (Å²) in [5, 5.41) is 0.753. The summed E-state index contributed by atoms with van der Waals surface area (Å²) in [4.78, 5) is 5.15. The third kappa shape index (κ3) is 3.86. The van der Waals surface area contributed by atoms with Gasteiger partial charge in [0.25, 0.3) is 0 Å². The number of nitrogens with zero attached hydrogens (tertiary/aromatic N) is 1. The first-order chi connectivity index (χ1) is 9.20. The molecule has 1 aromatic heterocycles. The van der Waals surface area contributed by atoms with Gasteiger partial charge in [-0.3, -0.25) is 4.98 Å². The van der Waals surface area contributed by atoms with Gasteiger partial charge in [0.15, 0.2) is 0 Å². The number of hydrogen-bond donors (Lipinski definition) is 1. The SMILES string of the molecule is COc1cncc(C(N)CSc2ccccc2Cl)c1. The Morgan fingerprint density at radius 1 is 1.37 bits per heavy atom. The number of rotatable bonds is 5. The van der Waals surface area contributed by atoms with Gasteiger partial charge in [-0.05, 0) is 23.8 Å². The third-order valence-corrected chi connectivity index (χ3v) is 4.29. The maximum absolute atomic E-state index is 6.16. The second kappa shape index (κ2) is 6.80. The lowest BCUT2D eigenvalue weighted by molar-refractivity contribution is 0.412. The molecule has 0 aliphatic heterocycles. The monoisotopic (exact) mass is 294 g/mol. The molecule has 2 aromatic rings. The Bertz CT molecular complexity index is 550. The Kier molecular flexibility index (Phi) is 5.07. The number of nitrogens with two attached hydrogens (primary N) is 1. The molecule has 0 saturated heterocycles.